The van der Waals surface area contributed by atoms with Crippen molar-refractivity contribution in [3.05, 3.63) is 119 Å². The highest BCUT2D eigenvalue weighted by atomic mass is 16.5. The van der Waals surface area contributed by atoms with Gasteiger partial charge in [0.05, 0.1) is 29.8 Å². The van der Waals surface area contributed by atoms with Crippen LogP contribution in [0.3, 0.4) is 0 Å². The Kier molecular flexibility index (Phi) is 6.33. The summed E-state index contributed by atoms with van der Waals surface area (Å²) in [6.45, 7) is 0.460. The van der Waals surface area contributed by atoms with Gasteiger partial charge >= 0.3 is 5.97 Å². The van der Waals surface area contributed by atoms with Gasteiger partial charge in [0, 0.05) is 11.8 Å². The first-order chi connectivity index (χ1) is 17.5. The number of ether oxygens (including phenoxy) is 1. The molecular weight excluding hydrogens is 454 g/mol. The fraction of sp³-hybridized carbons (Fsp3) is 0.100. The van der Waals surface area contributed by atoms with Gasteiger partial charge in [-0.2, -0.15) is 0 Å². The van der Waals surface area contributed by atoms with Gasteiger partial charge in [-0.3, -0.25) is 14.5 Å². The van der Waals surface area contributed by atoms with Crippen LogP contribution in [0.1, 0.15) is 43.1 Å². The maximum absolute atomic E-state index is 12.9. The highest BCUT2D eigenvalue weighted by molar-refractivity contribution is 6.21. The van der Waals surface area contributed by atoms with E-state index >= 15 is 0 Å². The lowest BCUT2D eigenvalue weighted by molar-refractivity contribution is 0.0661. The quantitative estimate of drug-likeness (QED) is 0.330. The summed E-state index contributed by atoms with van der Waals surface area (Å²) >= 11 is 0. The number of hydrogen-bond donors (Lipinski definition) is 1. The summed E-state index contributed by atoms with van der Waals surface area (Å²) in [5, 5.41) is 11.3. The SMILES string of the molecule is O=C(O)c1ccc(/C=C(/CCOc2cccc3ccccc23)CN2C(=O)c3ccccc3C2=O)cc1. The van der Waals surface area contributed by atoms with Crippen LogP contribution in [0.2, 0.25) is 0 Å². The van der Waals surface area contributed by atoms with Gasteiger partial charge in [-0.05, 0) is 46.9 Å². The normalized spacial score (nSPS) is 13.2. The summed E-state index contributed by atoms with van der Waals surface area (Å²) in [6, 6.07) is 27.1. The number of benzene rings is 4. The first-order valence-corrected chi connectivity index (χ1v) is 11.6. The van der Waals surface area contributed by atoms with Crippen LogP contribution in [0.25, 0.3) is 16.8 Å². The van der Waals surface area contributed by atoms with Gasteiger partial charge in [-0.25, -0.2) is 4.79 Å². The highest BCUT2D eigenvalue weighted by Crippen LogP contribution is 2.27. The van der Waals surface area contributed by atoms with E-state index in [-0.39, 0.29) is 23.9 Å². The zero-order chi connectivity index (χ0) is 25.1. The number of carbonyl (C=O) groups excluding carboxylic acids is 2. The Morgan fingerprint density at radius 2 is 1.44 bits per heavy atom. The topological polar surface area (TPSA) is 83.9 Å². The molecular formula is C30H23NO5. The minimum Gasteiger partial charge on any atom is -0.493 e. The predicted octanol–water partition coefficient (Wildman–Crippen LogP) is 5.69. The van der Waals surface area contributed by atoms with Crippen LogP contribution in [-0.4, -0.2) is 40.9 Å². The van der Waals surface area contributed by atoms with Crippen molar-refractivity contribution in [3.63, 3.8) is 0 Å². The number of rotatable bonds is 8. The third-order valence-electron chi connectivity index (χ3n) is 6.20. The first-order valence-electron chi connectivity index (χ1n) is 11.6. The van der Waals surface area contributed by atoms with Crippen LogP contribution in [-0.2, 0) is 0 Å². The lowest BCUT2D eigenvalue weighted by Crippen LogP contribution is -2.32. The number of carbonyl (C=O) groups is 3. The van der Waals surface area contributed by atoms with Gasteiger partial charge in [0.25, 0.3) is 11.8 Å². The standard InChI is InChI=1S/C30H23NO5/c32-28-25-9-3-4-10-26(25)29(33)31(28)19-21(18-20-12-14-23(15-13-20)30(34)35)16-17-36-27-11-5-7-22-6-1-2-8-24(22)27/h1-15,18H,16-17,19H2,(H,34,35)/b21-18-. The van der Waals surface area contributed by atoms with Crippen LogP contribution in [0, 0.1) is 0 Å². The molecule has 6 nitrogen and oxygen atoms in total. The van der Waals surface area contributed by atoms with Crippen molar-refractivity contribution in [3.8, 4) is 5.75 Å². The molecule has 36 heavy (non-hydrogen) atoms. The van der Waals surface area contributed by atoms with E-state index in [2.05, 4.69) is 0 Å². The van der Waals surface area contributed by atoms with E-state index < -0.39 is 5.97 Å². The molecule has 0 saturated carbocycles. The number of fused-ring (bicyclic) bond motifs is 2. The molecule has 2 amide bonds. The van der Waals surface area contributed by atoms with Crippen LogP contribution in [0.5, 0.6) is 5.75 Å². The Balaban J connectivity index is 1.38. The van der Waals surface area contributed by atoms with Gasteiger partial charge in [-0.1, -0.05) is 66.7 Å². The smallest absolute Gasteiger partial charge is 0.335 e. The summed E-state index contributed by atoms with van der Waals surface area (Å²) in [5.41, 5.74) is 2.58. The van der Waals surface area contributed by atoms with Crippen molar-refractivity contribution < 1.29 is 24.2 Å². The van der Waals surface area contributed by atoms with E-state index in [9.17, 15) is 19.5 Å². The largest absolute Gasteiger partial charge is 0.493 e. The van der Waals surface area contributed by atoms with Crippen LogP contribution in [0.15, 0.2) is 96.6 Å². The Hall–Kier alpha value is -4.71. The van der Waals surface area contributed by atoms with E-state index in [0.29, 0.717) is 24.2 Å². The second-order valence-corrected chi connectivity index (χ2v) is 8.55. The average Bonchev–Trinajstić information content (AvgIpc) is 3.14. The molecule has 0 aliphatic carbocycles. The lowest BCUT2D eigenvalue weighted by atomic mass is 10.1. The maximum atomic E-state index is 12.9. The van der Waals surface area contributed by atoms with Crippen molar-refractivity contribution >= 4 is 34.6 Å². The van der Waals surface area contributed by atoms with E-state index in [0.717, 1.165) is 27.7 Å². The van der Waals surface area contributed by atoms with E-state index in [1.165, 1.54) is 17.0 Å². The summed E-state index contributed by atoms with van der Waals surface area (Å²) in [4.78, 5) is 38.3. The molecule has 1 heterocycles. The monoisotopic (exact) mass is 477 g/mol. The molecule has 6 heteroatoms. The molecule has 0 bridgehead atoms. The molecule has 0 saturated heterocycles. The molecule has 1 N–H and O–H groups in total. The Morgan fingerprint density at radius 3 is 2.14 bits per heavy atom. The minimum atomic E-state index is -1.000. The molecule has 0 spiro atoms. The second kappa shape index (κ2) is 9.88. The van der Waals surface area contributed by atoms with E-state index in [1.54, 1.807) is 36.4 Å². The highest BCUT2D eigenvalue weighted by Gasteiger charge is 2.35. The van der Waals surface area contributed by atoms with Gasteiger partial charge in [0.2, 0.25) is 0 Å². The molecule has 5 rings (SSSR count). The number of carboxylic acid groups (broad SMARTS) is 1. The van der Waals surface area contributed by atoms with Crippen molar-refractivity contribution in [1.82, 2.24) is 4.90 Å². The number of hydrogen-bond acceptors (Lipinski definition) is 4. The molecule has 0 aromatic heterocycles. The zero-order valence-corrected chi connectivity index (χ0v) is 19.4. The Bertz CT molecular complexity index is 1460. The Labute approximate surface area is 208 Å². The summed E-state index contributed by atoms with van der Waals surface area (Å²) in [7, 11) is 0. The maximum Gasteiger partial charge on any atom is 0.335 e. The Morgan fingerprint density at radius 1 is 0.806 bits per heavy atom. The zero-order valence-electron chi connectivity index (χ0n) is 19.4. The molecule has 1 aliphatic rings. The minimum absolute atomic E-state index is 0.117. The summed E-state index contributed by atoms with van der Waals surface area (Å²) in [5.74, 6) is -0.880. The van der Waals surface area contributed by atoms with Gasteiger partial charge in [-0.15, -0.1) is 0 Å². The van der Waals surface area contributed by atoms with Crippen molar-refractivity contribution in [1.29, 1.82) is 0 Å². The fourth-order valence-electron chi connectivity index (χ4n) is 4.35. The van der Waals surface area contributed by atoms with Crippen molar-refractivity contribution in [2.24, 2.45) is 0 Å². The number of imide groups is 1. The van der Waals surface area contributed by atoms with Gasteiger partial charge < -0.3 is 9.84 Å². The number of carboxylic acids is 1. The molecule has 0 unspecified atom stereocenters. The van der Waals surface area contributed by atoms with Crippen LogP contribution in [0.4, 0.5) is 0 Å². The molecule has 0 fully saturated rings. The van der Waals surface area contributed by atoms with Gasteiger partial charge in [0.1, 0.15) is 5.75 Å². The lowest BCUT2D eigenvalue weighted by Gasteiger charge is -2.17. The predicted molar refractivity (Wildman–Crippen MR) is 137 cm³/mol. The third kappa shape index (κ3) is 4.61. The van der Waals surface area contributed by atoms with Gasteiger partial charge in [0.15, 0.2) is 0 Å². The molecule has 0 radical (unpaired) electrons. The van der Waals surface area contributed by atoms with Crippen molar-refractivity contribution in [2.75, 3.05) is 13.2 Å². The van der Waals surface area contributed by atoms with Crippen LogP contribution < -0.4 is 4.74 Å². The van der Waals surface area contributed by atoms with E-state index in [1.807, 2.05) is 48.5 Å². The summed E-state index contributed by atoms with van der Waals surface area (Å²) < 4.78 is 6.11. The molecule has 178 valence electrons. The number of aromatic carboxylic acids is 1. The average molecular weight is 478 g/mol. The third-order valence-corrected chi connectivity index (χ3v) is 6.20. The van der Waals surface area contributed by atoms with E-state index in [4.69, 9.17) is 4.74 Å². The summed E-state index contributed by atoms with van der Waals surface area (Å²) in [6.07, 6.45) is 2.35. The second-order valence-electron chi connectivity index (χ2n) is 8.55. The van der Waals surface area contributed by atoms with Crippen LogP contribution >= 0.6 is 0 Å². The first kappa shape index (κ1) is 23.1. The number of nitrogens with zero attached hydrogens (tertiary/aromatic N) is 1. The molecule has 4 aromatic rings. The molecule has 1 aliphatic heterocycles. The van der Waals surface area contributed by atoms with Crippen molar-refractivity contribution in [2.45, 2.75) is 6.42 Å². The fourth-order valence-corrected chi connectivity index (χ4v) is 4.35. The number of amides is 2. The molecule has 0 atom stereocenters. The molecule has 4 aromatic carbocycles.